The predicted octanol–water partition coefficient (Wildman–Crippen LogP) is 3.97. The average Bonchev–Trinajstić information content (AvgIpc) is 3.02. The maximum absolute atomic E-state index is 6.01. The first-order chi connectivity index (χ1) is 13.5. The maximum Gasteiger partial charge on any atom is 0.148 e. The van der Waals surface area contributed by atoms with Gasteiger partial charge in [-0.15, -0.1) is 0 Å². The van der Waals surface area contributed by atoms with E-state index in [-0.39, 0.29) is 0 Å². The molecule has 2 aliphatic rings. The number of ether oxygens (including phenoxy) is 1. The Morgan fingerprint density at radius 2 is 2.04 bits per heavy atom. The van der Waals surface area contributed by atoms with Crippen molar-refractivity contribution < 1.29 is 4.74 Å². The Labute approximate surface area is 166 Å². The summed E-state index contributed by atoms with van der Waals surface area (Å²) in [6.07, 6.45) is 5.32. The number of nitrogens with zero attached hydrogens (tertiary/aromatic N) is 2. The van der Waals surface area contributed by atoms with Gasteiger partial charge in [0.1, 0.15) is 17.4 Å². The second-order valence-electron chi connectivity index (χ2n) is 7.67. The molecule has 0 fully saturated rings. The largest absolute Gasteiger partial charge is 0.491 e. The maximum atomic E-state index is 6.01. The highest BCUT2D eigenvalue weighted by Gasteiger charge is 2.26. The minimum absolute atomic E-state index is 0.527. The van der Waals surface area contributed by atoms with Gasteiger partial charge in [-0.2, -0.15) is 0 Å². The number of anilines is 3. The lowest BCUT2D eigenvalue weighted by Crippen LogP contribution is -2.24. The molecule has 2 aliphatic heterocycles. The Balaban J connectivity index is 1.75. The van der Waals surface area contributed by atoms with Gasteiger partial charge in [-0.25, -0.2) is 9.97 Å². The van der Waals surface area contributed by atoms with Gasteiger partial charge in [0.25, 0.3) is 0 Å². The van der Waals surface area contributed by atoms with Crippen molar-refractivity contribution >= 4 is 22.9 Å². The van der Waals surface area contributed by atoms with Crippen molar-refractivity contribution in [2.75, 3.05) is 30.8 Å². The molecule has 0 aliphatic carbocycles. The molecular formula is C22H29N5O. The van der Waals surface area contributed by atoms with E-state index in [1.54, 1.807) is 0 Å². The van der Waals surface area contributed by atoms with Crippen LogP contribution >= 0.6 is 0 Å². The normalized spacial score (nSPS) is 18.7. The van der Waals surface area contributed by atoms with Crippen LogP contribution in [0.2, 0.25) is 0 Å². The Hall–Kier alpha value is -2.60. The summed E-state index contributed by atoms with van der Waals surface area (Å²) in [5.41, 5.74) is 6.71. The number of fused-ring (bicyclic) bond motifs is 1. The van der Waals surface area contributed by atoms with Gasteiger partial charge in [-0.3, -0.25) is 0 Å². The van der Waals surface area contributed by atoms with E-state index in [9.17, 15) is 0 Å². The van der Waals surface area contributed by atoms with Crippen LogP contribution in [0.5, 0.6) is 5.75 Å². The van der Waals surface area contributed by atoms with Crippen LogP contribution in [0.3, 0.4) is 0 Å². The topological polar surface area (TPSA) is 71.1 Å². The number of hydrogen-bond donors (Lipinski definition) is 3. The van der Waals surface area contributed by atoms with Gasteiger partial charge < -0.3 is 20.7 Å². The molecule has 148 valence electrons. The van der Waals surface area contributed by atoms with Crippen LogP contribution in [0.1, 0.15) is 42.3 Å². The molecule has 28 heavy (non-hydrogen) atoms. The van der Waals surface area contributed by atoms with E-state index in [2.05, 4.69) is 40.9 Å². The van der Waals surface area contributed by atoms with Crippen molar-refractivity contribution in [2.24, 2.45) is 0 Å². The zero-order valence-corrected chi connectivity index (χ0v) is 17.1. The van der Waals surface area contributed by atoms with Gasteiger partial charge in [-0.1, -0.05) is 6.08 Å². The molecule has 6 nitrogen and oxygen atoms in total. The fourth-order valence-electron chi connectivity index (χ4n) is 3.97. The third kappa shape index (κ3) is 3.69. The summed E-state index contributed by atoms with van der Waals surface area (Å²) in [5.74, 6) is 2.64. The van der Waals surface area contributed by atoms with Gasteiger partial charge in [0.2, 0.25) is 0 Å². The molecule has 0 unspecified atom stereocenters. The van der Waals surface area contributed by atoms with Crippen LogP contribution in [0.25, 0.3) is 5.57 Å². The molecule has 0 bridgehead atoms. The standard InChI is InChI=1S/C22H29N5O/c1-13-5-6-16(7-9-24-13)20-15(3)22(26-18-8-10-28-21(18)20)27-19-12-17(23-4)11-14(2)25-19/h7,11-13,24H,5-6,8-10H2,1-4H3,(H2,23,25,26,27)/t13-/m0/s1. The molecule has 0 aromatic carbocycles. The van der Waals surface area contributed by atoms with E-state index in [1.165, 1.54) is 11.1 Å². The van der Waals surface area contributed by atoms with Crippen LogP contribution in [0.4, 0.5) is 17.3 Å². The molecule has 0 radical (unpaired) electrons. The van der Waals surface area contributed by atoms with Gasteiger partial charge in [0, 0.05) is 54.6 Å². The first-order valence-corrected chi connectivity index (χ1v) is 10.1. The van der Waals surface area contributed by atoms with Crippen molar-refractivity contribution in [3.63, 3.8) is 0 Å². The summed E-state index contributed by atoms with van der Waals surface area (Å²) in [6, 6.07) is 4.56. The second-order valence-corrected chi connectivity index (χ2v) is 7.67. The van der Waals surface area contributed by atoms with E-state index < -0.39 is 0 Å². The third-order valence-corrected chi connectivity index (χ3v) is 5.52. The zero-order valence-electron chi connectivity index (χ0n) is 17.1. The molecule has 1 atom stereocenters. The quantitative estimate of drug-likeness (QED) is 0.747. The van der Waals surface area contributed by atoms with Crippen LogP contribution in [-0.2, 0) is 6.42 Å². The summed E-state index contributed by atoms with van der Waals surface area (Å²) in [7, 11) is 1.92. The lowest BCUT2D eigenvalue weighted by atomic mass is 9.94. The molecular weight excluding hydrogens is 350 g/mol. The van der Waals surface area contributed by atoms with E-state index >= 15 is 0 Å². The fraction of sp³-hybridized carbons (Fsp3) is 0.455. The third-order valence-electron chi connectivity index (χ3n) is 5.52. The van der Waals surface area contributed by atoms with Crippen LogP contribution in [0, 0.1) is 13.8 Å². The number of aromatic nitrogens is 2. The van der Waals surface area contributed by atoms with Gasteiger partial charge in [-0.05, 0) is 45.3 Å². The van der Waals surface area contributed by atoms with E-state index in [4.69, 9.17) is 9.72 Å². The summed E-state index contributed by atoms with van der Waals surface area (Å²) in [6.45, 7) is 7.96. The van der Waals surface area contributed by atoms with Crippen LogP contribution < -0.4 is 20.7 Å². The monoisotopic (exact) mass is 379 g/mol. The van der Waals surface area contributed by atoms with Crippen molar-refractivity contribution in [2.45, 2.75) is 46.1 Å². The lowest BCUT2D eigenvalue weighted by molar-refractivity contribution is 0.355. The highest BCUT2D eigenvalue weighted by Crippen LogP contribution is 2.41. The van der Waals surface area contributed by atoms with Crippen molar-refractivity contribution in [1.82, 2.24) is 15.3 Å². The average molecular weight is 380 g/mol. The molecule has 0 saturated carbocycles. The number of rotatable bonds is 4. The smallest absolute Gasteiger partial charge is 0.148 e. The minimum Gasteiger partial charge on any atom is -0.491 e. The molecule has 6 heteroatoms. The Morgan fingerprint density at radius 3 is 2.86 bits per heavy atom. The van der Waals surface area contributed by atoms with Crippen LogP contribution in [-0.4, -0.2) is 36.2 Å². The molecule has 2 aromatic rings. The van der Waals surface area contributed by atoms with E-state index in [0.717, 1.165) is 65.8 Å². The molecule has 0 amide bonds. The predicted molar refractivity (Wildman–Crippen MR) is 115 cm³/mol. The number of pyridine rings is 2. The molecule has 0 spiro atoms. The highest BCUT2D eigenvalue weighted by molar-refractivity contribution is 5.79. The molecule has 0 saturated heterocycles. The van der Waals surface area contributed by atoms with Gasteiger partial charge >= 0.3 is 0 Å². The van der Waals surface area contributed by atoms with E-state index in [0.29, 0.717) is 12.6 Å². The summed E-state index contributed by atoms with van der Waals surface area (Å²) in [5, 5.41) is 10.2. The van der Waals surface area contributed by atoms with Gasteiger partial charge in [0.15, 0.2) is 0 Å². The minimum atomic E-state index is 0.527. The highest BCUT2D eigenvalue weighted by atomic mass is 16.5. The van der Waals surface area contributed by atoms with E-state index in [1.807, 2.05) is 26.1 Å². The molecule has 2 aromatic heterocycles. The van der Waals surface area contributed by atoms with Crippen molar-refractivity contribution in [3.05, 3.63) is 40.7 Å². The molecule has 4 rings (SSSR count). The van der Waals surface area contributed by atoms with Crippen LogP contribution in [0.15, 0.2) is 18.2 Å². The van der Waals surface area contributed by atoms with Crippen molar-refractivity contribution in [1.29, 1.82) is 0 Å². The fourth-order valence-corrected chi connectivity index (χ4v) is 3.97. The Bertz CT molecular complexity index is 922. The Morgan fingerprint density at radius 1 is 1.18 bits per heavy atom. The number of hydrogen-bond acceptors (Lipinski definition) is 6. The molecule has 3 N–H and O–H groups in total. The number of allylic oxidation sites excluding steroid dienone is 1. The van der Waals surface area contributed by atoms with Gasteiger partial charge in [0.05, 0.1) is 12.3 Å². The summed E-state index contributed by atoms with van der Waals surface area (Å²) >= 11 is 0. The zero-order chi connectivity index (χ0) is 19.7. The first-order valence-electron chi connectivity index (χ1n) is 10.1. The van der Waals surface area contributed by atoms with Crippen molar-refractivity contribution in [3.8, 4) is 5.75 Å². The first kappa shape index (κ1) is 18.7. The number of nitrogens with one attached hydrogen (secondary N) is 3. The second kappa shape index (κ2) is 7.80. The summed E-state index contributed by atoms with van der Waals surface area (Å²) in [4.78, 5) is 9.52. The lowest BCUT2D eigenvalue weighted by Gasteiger charge is -2.18. The number of aryl methyl sites for hydroxylation is 1. The Kier molecular flexibility index (Phi) is 5.22. The SMILES string of the molecule is CNc1cc(C)nc(Nc2nc3c(c(C4=CCN[C@@H](C)CC4)c2C)OCC3)c1. The molecule has 4 heterocycles. The summed E-state index contributed by atoms with van der Waals surface area (Å²) < 4.78 is 6.01.